The Morgan fingerprint density at radius 1 is 1.44 bits per heavy atom. The van der Waals surface area contributed by atoms with Crippen molar-refractivity contribution < 1.29 is 5.11 Å². The fraction of sp³-hybridized carbons (Fsp3) is 0.750. The van der Waals surface area contributed by atoms with E-state index in [1.54, 1.807) is 11.3 Å². The molecule has 0 fully saturated rings. The summed E-state index contributed by atoms with van der Waals surface area (Å²) in [6, 6.07) is 0.215. The van der Waals surface area contributed by atoms with Gasteiger partial charge in [-0.25, -0.2) is 4.98 Å². The van der Waals surface area contributed by atoms with Crippen molar-refractivity contribution >= 4 is 11.3 Å². The Morgan fingerprint density at radius 3 is 2.62 bits per heavy atom. The van der Waals surface area contributed by atoms with E-state index in [4.69, 9.17) is 0 Å². The summed E-state index contributed by atoms with van der Waals surface area (Å²) in [7, 11) is 0. The summed E-state index contributed by atoms with van der Waals surface area (Å²) in [5.74, 6) is 0.536. The Balaban J connectivity index is 2.32. The third kappa shape index (κ3) is 4.60. The molecule has 0 aromatic carbocycles. The van der Waals surface area contributed by atoms with Crippen LogP contribution in [0.5, 0.6) is 0 Å². The van der Waals surface area contributed by atoms with Crippen molar-refractivity contribution in [2.45, 2.75) is 46.3 Å². The van der Waals surface area contributed by atoms with Crippen LogP contribution in [0.1, 0.15) is 43.9 Å². The van der Waals surface area contributed by atoms with E-state index in [0.717, 1.165) is 17.1 Å². The molecule has 92 valence electrons. The van der Waals surface area contributed by atoms with Crippen molar-refractivity contribution in [2.75, 3.05) is 6.54 Å². The summed E-state index contributed by atoms with van der Waals surface area (Å²) in [5, 5.41) is 16.2. The first kappa shape index (κ1) is 13.6. The molecule has 0 radical (unpaired) electrons. The number of aliphatic hydroxyl groups excluding tert-OH is 1. The van der Waals surface area contributed by atoms with Crippen LogP contribution in [-0.4, -0.2) is 22.7 Å². The van der Waals surface area contributed by atoms with Gasteiger partial charge in [0.2, 0.25) is 0 Å². The van der Waals surface area contributed by atoms with Gasteiger partial charge in [-0.1, -0.05) is 13.8 Å². The van der Waals surface area contributed by atoms with E-state index >= 15 is 0 Å². The predicted molar refractivity (Wildman–Crippen MR) is 68.7 cm³/mol. The standard InChI is InChI=1S/C12H22N2OS/c1-8(2)5-11(15)6-13-9(3)12-7-16-10(4)14-12/h7-9,11,13,15H,5-6H2,1-4H3. The highest BCUT2D eigenvalue weighted by Gasteiger charge is 2.11. The molecule has 0 aliphatic heterocycles. The second kappa shape index (κ2) is 6.33. The zero-order chi connectivity index (χ0) is 12.1. The van der Waals surface area contributed by atoms with E-state index in [1.165, 1.54) is 0 Å². The van der Waals surface area contributed by atoms with Gasteiger partial charge in [-0.15, -0.1) is 11.3 Å². The molecule has 1 rings (SSSR count). The molecule has 3 nitrogen and oxygen atoms in total. The molecule has 16 heavy (non-hydrogen) atoms. The fourth-order valence-electron chi connectivity index (χ4n) is 1.62. The number of nitrogens with one attached hydrogen (secondary N) is 1. The van der Waals surface area contributed by atoms with E-state index in [-0.39, 0.29) is 12.1 Å². The van der Waals surface area contributed by atoms with Gasteiger partial charge in [0.15, 0.2) is 0 Å². The predicted octanol–water partition coefficient (Wildman–Crippen LogP) is 2.51. The van der Waals surface area contributed by atoms with Gasteiger partial charge >= 0.3 is 0 Å². The zero-order valence-corrected chi connectivity index (χ0v) is 11.3. The maximum Gasteiger partial charge on any atom is 0.0898 e. The van der Waals surface area contributed by atoms with E-state index in [2.05, 4.69) is 36.5 Å². The highest BCUT2D eigenvalue weighted by atomic mass is 32.1. The van der Waals surface area contributed by atoms with Crippen LogP contribution >= 0.6 is 11.3 Å². The second-order valence-corrected chi connectivity index (χ2v) is 5.77. The van der Waals surface area contributed by atoms with E-state index in [0.29, 0.717) is 12.5 Å². The first-order valence-corrected chi connectivity index (χ1v) is 6.70. The van der Waals surface area contributed by atoms with Crippen molar-refractivity contribution in [1.29, 1.82) is 0 Å². The van der Waals surface area contributed by atoms with Crippen LogP contribution in [0, 0.1) is 12.8 Å². The highest BCUT2D eigenvalue weighted by Crippen LogP contribution is 2.15. The maximum atomic E-state index is 9.74. The average Bonchev–Trinajstić information content (AvgIpc) is 2.60. The molecule has 2 N–H and O–H groups in total. The van der Waals surface area contributed by atoms with Crippen LogP contribution in [0.4, 0.5) is 0 Å². The van der Waals surface area contributed by atoms with Crippen molar-refractivity contribution in [2.24, 2.45) is 5.92 Å². The Morgan fingerprint density at radius 2 is 2.12 bits per heavy atom. The number of rotatable bonds is 6. The van der Waals surface area contributed by atoms with Crippen LogP contribution in [0.3, 0.4) is 0 Å². The SMILES string of the molecule is Cc1nc(C(C)NCC(O)CC(C)C)cs1. The van der Waals surface area contributed by atoms with Crippen LogP contribution in [-0.2, 0) is 0 Å². The molecule has 1 aromatic heterocycles. The number of aliphatic hydroxyl groups is 1. The topological polar surface area (TPSA) is 45.2 Å². The Kier molecular flexibility index (Phi) is 5.38. The largest absolute Gasteiger partial charge is 0.392 e. The summed E-state index contributed by atoms with van der Waals surface area (Å²) in [6.07, 6.45) is 0.581. The molecule has 0 aliphatic carbocycles. The molecule has 2 atom stereocenters. The van der Waals surface area contributed by atoms with Crippen LogP contribution in [0.25, 0.3) is 0 Å². The molecular formula is C12H22N2OS. The first-order valence-electron chi connectivity index (χ1n) is 5.82. The Hall–Kier alpha value is -0.450. The van der Waals surface area contributed by atoms with Crippen LogP contribution in [0.2, 0.25) is 0 Å². The molecule has 0 bridgehead atoms. The molecule has 2 unspecified atom stereocenters. The van der Waals surface area contributed by atoms with Gasteiger partial charge in [0.05, 0.1) is 16.8 Å². The molecule has 1 aromatic rings. The number of hydrogen-bond acceptors (Lipinski definition) is 4. The maximum absolute atomic E-state index is 9.74. The number of nitrogens with zero attached hydrogens (tertiary/aromatic N) is 1. The smallest absolute Gasteiger partial charge is 0.0898 e. The lowest BCUT2D eigenvalue weighted by atomic mass is 10.1. The van der Waals surface area contributed by atoms with Gasteiger partial charge in [0.25, 0.3) is 0 Å². The molecule has 0 aliphatic rings. The van der Waals surface area contributed by atoms with Crippen molar-refractivity contribution in [3.05, 3.63) is 16.1 Å². The minimum Gasteiger partial charge on any atom is -0.392 e. The van der Waals surface area contributed by atoms with Gasteiger partial charge in [-0.05, 0) is 26.2 Å². The minimum atomic E-state index is -0.262. The summed E-state index contributed by atoms with van der Waals surface area (Å²) in [5.41, 5.74) is 1.07. The Bertz CT molecular complexity index is 312. The van der Waals surface area contributed by atoms with Crippen molar-refractivity contribution in [1.82, 2.24) is 10.3 Å². The number of hydrogen-bond donors (Lipinski definition) is 2. The summed E-state index contributed by atoms with van der Waals surface area (Å²) >= 11 is 1.66. The van der Waals surface area contributed by atoms with Crippen LogP contribution < -0.4 is 5.32 Å². The molecule has 0 saturated heterocycles. The second-order valence-electron chi connectivity index (χ2n) is 4.70. The number of aryl methyl sites for hydroxylation is 1. The van der Waals surface area contributed by atoms with Gasteiger partial charge in [-0.3, -0.25) is 0 Å². The van der Waals surface area contributed by atoms with Gasteiger partial charge in [0.1, 0.15) is 0 Å². The summed E-state index contributed by atoms with van der Waals surface area (Å²) < 4.78 is 0. The van der Waals surface area contributed by atoms with E-state index < -0.39 is 0 Å². The van der Waals surface area contributed by atoms with E-state index in [9.17, 15) is 5.11 Å². The molecule has 1 heterocycles. The van der Waals surface area contributed by atoms with Gasteiger partial charge in [-0.2, -0.15) is 0 Å². The summed E-state index contributed by atoms with van der Waals surface area (Å²) in [4.78, 5) is 4.42. The lowest BCUT2D eigenvalue weighted by molar-refractivity contribution is 0.143. The third-order valence-corrected chi connectivity index (χ3v) is 3.28. The third-order valence-electron chi connectivity index (χ3n) is 2.48. The quantitative estimate of drug-likeness (QED) is 0.805. The molecule has 4 heteroatoms. The molecular weight excluding hydrogens is 220 g/mol. The van der Waals surface area contributed by atoms with Gasteiger partial charge < -0.3 is 10.4 Å². The monoisotopic (exact) mass is 242 g/mol. The Labute approximate surface area is 102 Å². The molecule has 0 saturated carbocycles. The van der Waals surface area contributed by atoms with Gasteiger partial charge in [0, 0.05) is 18.0 Å². The lowest BCUT2D eigenvalue weighted by Crippen LogP contribution is -2.30. The lowest BCUT2D eigenvalue weighted by Gasteiger charge is -2.17. The molecule has 0 spiro atoms. The zero-order valence-electron chi connectivity index (χ0n) is 10.5. The minimum absolute atomic E-state index is 0.215. The van der Waals surface area contributed by atoms with Crippen LogP contribution in [0.15, 0.2) is 5.38 Å². The average molecular weight is 242 g/mol. The fourth-order valence-corrected chi connectivity index (χ4v) is 2.33. The number of aromatic nitrogens is 1. The normalized spacial score (nSPS) is 15.4. The summed E-state index contributed by atoms with van der Waals surface area (Å²) in [6.45, 7) is 8.97. The first-order chi connectivity index (χ1) is 7.49. The van der Waals surface area contributed by atoms with Crippen molar-refractivity contribution in [3.63, 3.8) is 0 Å². The van der Waals surface area contributed by atoms with E-state index in [1.807, 2.05) is 6.92 Å². The van der Waals surface area contributed by atoms with Crippen molar-refractivity contribution in [3.8, 4) is 0 Å². The number of thiazole rings is 1. The highest BCUT2D eigenvalue weighted by molar-refractivity contribution is 7.09. The molecule has 0 amide bonds.